The van der Waals surface area contributed by atoms with Crippen LogP contribution in [0.1, 0.15) is 6.92 Å². The van der Waals surface area contributed by atoms with Crippen LogP contribution in [0.15, 0.2) is 11.8 Å². The van der Waals surface area contributed by atoms with Crippen molar-refractivity contribution in [2.75, 3.05) is 7.05 Å². The molecule has 0 aromatic carbocycles. The van der Waals surface area contributed by atoms with Gasteiger partial charge in [0.05, 0.1) is 5.57 Å². The molecule has 2 nitrogen and oxygen atoms in total. The van der Waals surface area contributed by atoms with Crippen molar-refractivity contribution in [1.82, 2.24) is 5.01 Å². The average Bonchev–Trinajstić information content (AvgIpc) is 1.86. The van der Waals surface area contributed by atoms with Gasteiger partial charge in [0, 0.05) is 13.2 Å². The molecule has 0 heterocycles. The molecule has 0 spiro atoms. The summed E-state index contributed by atoms with van der Waals surface area (Å²) in [5.41, 5.74) is 0.590. The van der Waals surface area contributed by atoms with Gasteiger partial charge in [0.25, 0.3) is 0 Å². The lowest BCUT2D eigenvalue weighted by Gasteiger charge is -2.02. The van der Waals surface area contributed by atoms with Gasteiger partial charge in [-0.25, -0.2) is 5.84 Å². The second-order valence-corrected chi connectivity index (χ2v) is 1.73. The minimum atomic E-state index is 0.590. The third-order valence-electron chi connectivity index (χ3n) is 0.748. The lowest BCUT2D eigenvalue weighted by molar-refractivity contribution is 0.483. The maximum Gasteiger partial charge on any atom is 0.0914 e. The van der Waals surface area contributed by atoms with Crippen LogP contribution in [-0.4, -0.2) is 12.1 Å². The fourth-order valence-electron chi connectivity index (χ4n) is 0.444. The predicted molar refractivity (Wildman–Crippen MR) is 42.3 cm³/mol. The van der Waals surface area contributed by atoms with E-state index in [-0.39, 0.29) is 0 Å². The molecule has 2 heteroatoms. The first-order chi connectivity index (χ1) is 4.70. The number of allylic oxidation sites excluding steroid dienone is 1. The van der Waals surface area contributed by atoms with Crippen LogP contribution in [0.2, 0.25) is 0 Å². The van der Waals surface area contributed by atoms with Gasteiger partial charge < -0.3 is 5.01 Å². The number of rotatable bonds is 1. The summed E-state index contributed by atoms with van der Waals surface area (Å²) in [5, 5.41) is 1.37. The van der Waals surface area contributed by atoms with Gasteiger partial charge in [-0.1, -0.05) is 11.8 Å². The van der Waals surface area contributed by atoms with Crippen molar-refractivity contribution in [3.63, 3.8) is 0 Å². The van der Waals surface area contributed by atoms with Gasteiger partial charge in [-0.2, -0.15) is 0 Å². The third-order valence-corrected chi connectivity index (χ3v) is 0.748. The summed E-state index contributed by atoms with van der Waals surface area (Å²) < 4.78 is 0. The molecule has 0 aliphatic rings. The van der Waals surface area contributed by atoms with Gasteiger partial charge >= 0.3 is 0 Å². The van der Waals surface area contributed by atoms with Gasteiger partial charge in [-0.3, -0.25) is 0 Å². The summed E-state index contributed by atoms with van der Waals surface area (Å²) in [7, 11) is 1.69. The monoisotopic (exact) mass is 134 g/mol. The van der Waals surface area contributed by atoms with E-state index in [2.05, 4.69) is 17.8 Å². The molecule has 2 N–H and O–H groups in total. The summed E-state index contributed by atoms with van der Waals surface area (Å²) >= 11 is 0. The summed E-state index contributed by atoms with van der Waals surface area (Å²) in [5.74, 6) is 13.1. The molecule has 0 unspecified atom stereocenters. The molecule has 0 aliphatic carbocycles. The third kappa shape index (κ3) is 3.60. The van der Waals surface area contributed by atoms with E-state index in [0.29, 0.717) is 5.57 Å². The summed E-state index contributed by atoms with van der Waals surface area (Å²) in [4.78, 5) is 0. The number of hydrogen-bond acceptors (Lipinski definition) is 2. The van der Waals surface area contributed by atoms with E-state index in [1.807, 2.05) is 0 Å². The first kappa shape index (κ1) is 8.62. The van der Waals surface area contributed by atoms with E-state index in [9.17, 15) is 0 Å². The second kappa shape index (κ2) is 4.49. The smallest absolute Gasteiger partial charge is 0.0914 e. The molecule has 0 radical (unpaired) electrons. The highest BCUT2D eigenvalue weighted by molar-refractivity contribution is 5.41. The van der Waals surface area contributed by atoms with E-state index in [1.54, 1.807) is 20.2 Å². The Balaban J connectivity index is 4.33. The van der Waals surface area contributed by atoms with E-state index >= 15 is 0 Å². The molecule has 0 saturated carbocycles. The Labute approximate surface area is 61.7 Å². The zero-order valence-electron chi connectivity index (χ0n) is 6.18. The van der Waals surface area contributed by atoms with E-state index in [1.165, 1.54) is 5.01 Å². The van der Waals surface area contributed by atoms with Crippen LogP contribution in [-0.2, 0) is 0 Å². The Bertz CT molecular complexity index is 220. The largest absolute Gasteiger partial charge is 0.319 e. The Morgan fingerprint density at radius 1 is 1.70 bits per heavy atom. The number of hydrogen-bond donors (Lipinski definition) is 1. The lowest BCUT2D eigenvalue weighted by Crippen LogP contribution is -2.19. The van der Waals surface area contributed by atoms with Crippen molar-refractivity contribution >= 4 is 0 Å². The van der Waals surface area contributed by atoms with Crippen molar-refractivity contribution in [2.45, 2.75) is 6.92 Å². The quantitative estimate of drug-likeness (QED) is 0.318. The maximum atomic E-state index is 5.29. The zero-order chi connectivity index (χ0) is 7.98. The molecule has 0 aliphatic heterocycles. The van der Waals surface area contributed by atoms with Crippen LogP contribution in [0, 0.1) is 24.2 Å². The van der Waals surface area contributed by atoms with Gasteiger partial charge in [0.15, 0.2) is 0 Å². The second-order valence-electron chi connectivity index (χ2n) is 1.73. The van der Waals surface area contributed by atoms with Gasteiger partial charge in [-0.15, -0.1) is 12.3 Å². The SMILES string of the molecule is C#C/C(C#CC)=C\N(C)N. The Morgan fingerprint density at radius 2 is 2.30 bits per heavy atom. The normalized spacial score (nSPS) is 9.20. The summed E-state index contributed by atoms with van der Waals surface area (Å²) in [6.45, 7) is 1.72. The van der Waals surface area contributed by atoms with Crippen molar-refractivity contribution < 1.29 is 0 Å². The van der Waals surface area contributed by atoms with Gasteiger partial charge in [0.1, 0.15) is 0 Å². The summed E-state index contributed by atoms with van der Waals surface area (Å²) in [6.07, 6.45) is 6.70. The molecular formula is C8H10N2. The molecule has 0 aromatic rings. The molecule has 0 bridgehead atoms. The fourth-order valence-corrected chi connectivity index (χ4v) is 0.444. The Morgan fingerprint density at radius 3 is 2.60 bits per heavy atom. The Kier molecular flexibility index (Phi) is 3.87. The standard InChI is InChI=1S/C8H10N2/c1-4-6-8(5-2)7-10(3)9/h2,7H,9H2,1,3H3/b8-7+. The van der Waals surface area contributed by atoms with E-state index in [0.717, 1.165) is 0 Å². The van der Waals surface area contributed by atoms with Crippen molar-refractivity contribution in [1.29, 1.82) is 0 Å². The molecule has 0 atom stereocenters. The van der Waals surface area contributed by atoms with E-state index < -0.39 is 0 Å². The number of hydrazine groups is 1. The minimum absolute atomic E-state index is 0.590. The van der Waals surface area contributed by atoms with Gasteiger partial charge in [-0.05, 0) is 6.92 Å². The first-order valence-electron chi connectivity index (χ1n) is 2.79. The number of nitrogens with zero attached hydrogens (tertiary/aromatic N) is 1. The average molecular weight is 134 g/mol. The van der Waals surface area contributed by atoms with E-state index in [4.69, 9.17) is 12.3 Å². The van der Waals surface area contributed by atoms with Crippen LogP contribution < -0.4 is 5.84 Å². The zero-order valence-corrected chi connectivity index (χ0v) is 6.18. The fraction of sp³-hybridized carbons (Fsp3) is 0.250. The number of nitrogens with two attached hydrogens (primary N) is 1. The topological polar surface area (TPSA) is 29.3 Å². The van der Waals surface area contributed by atoms with Crippen LogP contribution in [0.25, 0.3) is 0 Å². The van der Waals surface area contributed by atoms with Crippen molar-refractivity contribution in [3.05, 3.63) is 11.8 Å². The van der Waals surface area contributed by atoms with Crippen LogP contribution in [0.4, 0.5) is 0 Å². The molecule has 0 rings (SSSR count). The molecule has 10 heavy (non-hydrogen) atoms. The molecule has 0 amide bonds. The van der Waals surface area contributed by atoms with Crippen LogP contribution in [0.3, 0.4) is 0 Å². The highest BCUT2D eigenvalue weighted by atomic mass is 15.4. The van der Waals surface area contributed by atoms with Crippen molar-refractivity contribution in [2.24, 2.45) is 5.84 Å². The lowest BCUT2D eigenvalue weighted by atomic mass is 10.3. The number of terminal acetylenes is 1. The predicted octanol–water partition coefficient (Wildman–Crippen LogP) is 0.332. The van der Waals surface area contributed by atoms with Crippen LogP contribution >= 0.6 is 0 Å². The molecule has 0 saturated heterocycles. The van der Waals surface area contributed by atoms with Crippen molar-refractivity contribution in [3.8, 4) is 24.2 Å². The molecule has 0 aromatic heterocycles. The minimum Gasteiger partial charge on any atom is -0.319 e. The summed E-state index contributed by atoms with van der Waals surface area (Å²) in [6, 6.07) is 0. The Hall–Kier alpha value is -1.38. The van der Waals surface area contributed by atoms with Gasteiger partial charge in [0.2, 0.25) is 0 Å². The maximum absolute atomic E-state index is 5.29. The molecular weight excluding hydrogens is 124 g/mol. The highest BCUT2D eigenvalue weighted by Crippen LogP contribution is 1.88. The molecule has 52 valence electrons. The first-order valence-corrected chi connectivity index (χ1v) is 2.79. The van der Waals surface area contributed by atoms with Crippen LogP contribution in [0.5, 0.6) is 0 Å². The highest BCUT2D eigenvalue weighted by Gasteiger charge is 1.84. The molecule has 0 fully saturated rings.